The molecule has 1 heterocycles. The molecule has 5 nitrogen and oxygen atoms in total. The van der Waals surface area contributed by atoms with E-state index in [4.69, 9.17) is 0 Å². The van der Waals surface area contributed by atoms with Gasteiger partial charge in [-0.1, -0.05) is 18.2 Å². The van der Waals surface area contributed by atoms with E-state index >= 15 is 0 Å². The van der Waals surface area contributed by atoms with Crippen molar-refractivity contribution in [1.29, 1.82) is 0 Å². The Bertz CT molecular complexity index is 647. The van der Waals surface area contributed by atoms with Crippen molar-refractivity contribution in [3.05, 3.63) is 47.8 Å². The number of rotatable bonds is 5. The third-order valence-corrected chi connectivity index (χ3v) is 4.44. The second-order valence-electron chi connectivity index (χ2n) is 6.17. The van der Waals surface area contributed by atoms with Gasteiger partial charge in [0.25, 0.3) is 0 Å². The molecule has 130 valence electrons. The van der Waals surface area contributed by atoms with Crippen LogP contribution in [-0.2, 0) is 4.79 Å². The number of urea groups is 1. The minimum Gasteiger partial charge on any atom is -0.337 e. The summed E-state index contributed by atoms with van der Waals surface area (Å²) < 4.78 is 13.7. The van der Waals surface area contributed by atoms with Crippen LogP contribution in [0.4, 0.5) is 9.18 Å². The van der Waals surface area contributed by atoms with E-state index in [9.17, 15) is 14.0 Å². The number of aryl methyl sites for hydroxylation is 1. The summed E-state index contributed by atoms with van der Waals surface area (Å²) in [5.41, 5.74) is 1.25. The Kier molecular flexibility index (Phi) is 5.59. The number of halogens is 1. The Hall–Kier alpha value is -2.37. The highest BCUT2D eigenvalue weighted by Crippen LogP contribution is 2.19. The summed E-state index contributed by atoms with van der Waals surface area (Å²) >= 11 is 0. The topological polar surface area (TPSA) is 52.6 Å². The number of carbonyl (C=O) groups excluding carboxylic acids is 2. The highest BCUT2D eigenvalue weighted by atomic mass is 19.1. The number of amides is 3. The van der Waals surface area contributed by atoms with Gasteiger partial charge in [-0.05, 0) is 37.5 Å². The zero-order valence-electron chi connectivity index (χ0n) is 14.4. The minimum absolute atomic E-state index is 0.0680. The van der Waals surface area contributed by atoms with Crippen molar-refractivity contribution in [2.24, 2.45) is 0 Å². The minimum atomic E-state index is -0.466. The monoisotopic (exact) mass is 333 g/mol. The third kappa shape index (κ3) is 3.75. The lowest BCUT2D eigenvalue weighted by Gasteiger charge is -2.26. The average Bonchev–Trinajstić information content (AvgIpc) is 2.90. The van der Waals surface area contributed by atoms with Crippen molar-refractivity contribution in [3.63, 3.8) is 0 Å². The first kappa shape index (κ1) is 18.0. The predicted octanol–water partition coefficient (Wildman–Crippen LogP) is 2.62. The fourth-order valence-electron chi connectivity index (χ4n) is 2.81. The van der Waals surface area contributed by atoms with Crippen LogP contribution < -0.4 is 5.32 Å². The van der Waals surface area contributed by atoms with Crippen LogP contribution in [0.3, 0.4) is 0 Å². The lowest BCUT2D eigenvalue weighted by Crippen LogP contribution is -2.47. The van der Waals surface area contributed by atoms with Crippen molar-refractivity contribution < 1.29 is 14.0 Å². The van der Waals surface area contributed by atoms with Crippen LogP contribution in [0.25, 0.3) is 0 Å². The number of likely N-dealkylation sites (N-methyl/N-ethyl adjacent to an activating group) is 1. The van der Waals surface area contributed by atoms with Gasteiger partial charge >= 0.3 is 6.03 Å². The quantitative estimate of drug-likeness (QED) is 0.842. The summed E-state index contributed by atoms with van der Waals surface area (Å²) in [6.07, 6.45) is 2.28. The van der Waals surface area contributed by atoms with Gasteiger partial charge in [0, 0.05) is 20.1 Å². The van der Waals surface area contributed by atoms with E-state index in [1.165, 1.54) is 11.0 Å². The van der Waals surface area contributed by atoms with E-state index in [0.29, 0.717) is 30.6 Å². The van der Waals surface area contributed by atoms with Crippen molar-refractivity contribution in [2.75, 3.05) is 20.1 Å². The Morgan fingerprint density at radius 2 is 2.29 bits per heavy atom. The molecule has 0 bridgehead atoms. The van der Waals surface area contributed by atoms with Crippen LogP contribution >= 0.6 is 0 Å². The first-order chi connectivity index (χ1) is 11.3. The second kappa shape index (κ2) is 7.47. The predicted molar refractivity (Wildman–Crippen MR) is 91.0 cm³/mol. The van der Waals surface area contributed by atoms with Crippen LogP contribution in [0.2, 0.25) is 0 Å². The van der Waals surface area contributed by atoms with Crippen LogP contribution in [-0.4, -0.2) is 47.9 Å². The molecule has 0 aromatic heterocycles. The molecule has 3 amide bonds. The van der Waals surface area contributed by atoms with E-state index in [0.717, 1.165) is 0 Å². The highest BCUT2D eigenvalue weighted by molar-refractivity contribution is 5.88. The Labute approximate surface area is 142 Å². The molecule has 1 aromatic carbocycles. The molecule has 1 aliphatic heterocycles. The van der Waals surface area contributed by atoms with Gasteiger partial charge in [-0.15, -0.1) is 6.58 Å². The summed E-state index contributed by atoms with van der Waals surface area (Å²) in [4.78, 5) is 27.8. The van der Waals surface area contributed by atoms with Crippen LogP contribution in [0.5, 0.6) is 0 Å². The molecule has 2 unspecified atom stereocenters. The molecule has 2 atom stereocenters. The highest BCUT2D eigenvalue weighted by Gasteiger charge is 2.36. The molecular formula is C18H24FN3O2. The molecule has 0 spiro atoms. The fraction of sp³-hybridized carbons (Fsp3) is 0.444. The number of benzene rings is 1. The molecule has 0 radical (unpaired) electrons. The maximum Gasteiger partial charge on any atom is 0.318 e. The van der Waals surface area contributed by atoms with Crippen molar-refractivity contribution >= 4 is 11.9 Å². The molecule has 1 N–H and O–H groups in total. The maximum atomic E-state index is 13.7. The van der Waals surface area contributed by atoms with Crippen molar-refractivity contribution in [1.82, 2.24) is 15.1 Å². The molecule has 1 aromatic rings. The van der Waals surface area contributed by atoms with E-state index < -0.39 is 6.04 Å². The van der Waals surface area contributed by atoms with Gasteiger partial charge in [-0.25, -0.2) is 9.18 Å². The molecule has 0 aliphatic carbocycles. The number of hydrogen-bond donors (Lipinski definition) is 1. The fourth-order valence-corrected chi connectivity index (χ4v) is 2.81. The largest absolute Gasteiger partial charge is 0.337 e. The Morgan fingerprint density at radius 1 is 1.58 bits per heavy atom. The molecule has 2 rings (SSSR count). The lowest BCUT2D eigenvalue weighted by atomic mass is 10.1. The Morgan fingerprint density at radius 3 is 2.92 bits per heavy atom. The van der Waals surface area contributed by atoms with Gasteiger partial charge in [-0.2, -0.15) is 0 Å². The summed E-state index contributed by atoms with van der Waals surface area (Å²) in [7, 11) is 1.61. The zero-order chi connectivity index (χ0) is 17.9. The Balaban J connectivity index is 1.99. The van der Waals surface area contributed by atoms with Gasteiger partial charge in [0.15, 0.2) is 0 Å². The van der Waals surface area contributed by atoms with Crippen LogP contribution in [0, 0.1) is 12.7 Å². The van der Waals surface area contributed by atoms with E-state index in [1.807, 2.05) is 0 Å². The SMILES string of the molecule is C=CCN1CCC(N(C)C(=O)NC(C)c2ccc(C)c(F)c2)C1=O. The van der Waals surface area contributed by atoms with Gasteiger partial charge in [0.05, 0.1) is 6.04 Å². The van der Waals surface area contributed by atoms with Crippen molar-refractivity contribution in [2.45, 2.75) is 32.4 Å². The number of carbonyl (C=O) groups is 2. The molecule has 0 saturated carbocycles. The van der Waals surface area contributed by atoms with E-state index in [1.54, 1.807) is 44.0 Å². The van der Waals surface area contributed by atoms with E-state index in [-0.39, 0.29) is 23.8 Å². The molecule has 24 heavy (non-hydrogen) atoms. The second-order valence-corrected chi connectivity index (χ2v) is 6.17. The maximum absolute atomic E-state index is 13.7. The number of hydrogen-bond acceptors (Lipinski definition) is 2. The van der Waals surface area contributed by atoms with Crippen LogP contribution in [0.1, 0.15) is 30.5 Å². The normalized spacial score (nSPS) is 18.4. The smallest absolute Gasteiger partial charge is 0.318 e. The van der Waals surface area contributed by atoms with Gasteiger partial charge < -0.3 is 15.1 Å². The molecular weight excluding hydrogens is 309 g/mol. The molecule has 6 heteroatoms. The summed E-state index contributed by atoms with van der Waals surface area (Å²) in [5.74, 6) is -0.366. The lowest BCUT2D eigenvalue weighted by molar-refractivity contribution is -0.130. The summed E-state index contributed by atoms with van der Waals surface area (Å²) in [6.45, 7) is 8.22. The van der Waals surface area contributed by atoms with Crippen LogP contribution in [0.15, 0.2) is 30.9 Å². The third-order valence-electron chi connectivity index (χ3n) is 4.44. The first-order valence-corrected chi connectivity index (χ1v) is 8.04. The number of nitrogens with one attached hydrogen (secondary N) is 1. The zero-order valence-corrected chi connectivity index (χ0v) is 14.4. The first-order valence-electron chi connectivity index (χ1n) is 8.04. The van der Waals surface area contributed by atoms with E-state index in [2.05, 4.69) is 11.9 Å². The molecule has 1 fully saturated rings. The van der Waals surface area contributed by atoms with Crippen molar-refractivity contribution in [3.8, 4) is 0 Å². The molecule has 1 aliphatic rings. The van der Waals surface area contributed by atoms with Gasteiger partial charge in [0.1, 0.15) is 11.9 Å². The average molecular weight is 333 g/mol. The molecule has 1 saturated heterocycles. The van der Waals surface area contributed by atoms with Gasteiger partial charge in [0.2, 0.25) is 5.91 Å². The number of likely N-dealkylation sites (tertiary alicyclic amines) is 1. The van der Waals surface area contributed by atoms with Gasteiger partial charge in [-0.3, -0.25) is 4.79 Å². The summed E-state index contributed by atoms with van der Waals surface area (Å²) in [6, 6.07) is 3.73. The standard InChI is InChI=1S/C18H24FN3O2/c1-5-9-22-10-8-16(17(22)23)21(4)18(24)20-13(3)14-7-6-12(2)15(19)11-14/h5-7,11,13,16H,1,8-10H2,2-4H3,(H,20,24). The summed E-state index contributed by atoms with van der Waals surface area (Å²) in [5, 5.41) is 2.82. The number of nitrogens with zero attached hydrogens (tertiary/aromatic N) is 2.